The number of carbonyl (C=O) groups is 1. The number of amides is 1. The van der Waals surface area contributed by atoms with Crippen LogP contribution in [0, 0.1) is 18.3 Å². The van der Waals surface area contributed by atoms with E-state index in [2.05, 4.69) is 10.9 Å². The van der Waals surface area contributed by atoms with E-state index in [1.54, 1.807) is 6.20 Å². The molecule has 0 spiro atoms. The monoisotopic (exact) mass is 276 g/mol. The van der Waals surface area contributed by atoms with Crippen molar-refractivity contribution in [2.24, 2.45) is 5.92 Å². The molecule has 21 heavy (non-hydrogen) atoms. The highest BCUT2D eigenvalue weighted by Gasteiger charge is 2.35. The first-order valence-corrected chi connectivity index (χ1v) is 7.01. The normalized spacial score (nSPS) is 19.3. The Morgan fingerprint density at radius 1 is 1.19 bits per heavy atom. The van der Waals surface area contributed by atoms with Crippen LogP contribution in [0.5, 0.6) is 0 Å². The van der Waals surface area contributed by atoms with Crippen LogP contribution in [0.25, 0.3) is 0 Å². The SMILES string of the molecule is C#CC1CC(=O)N(C(c2ccccc2)c2ccccn2)C1. The van der Waals surface area contributed by atoms with Crippen LogP contribution in [-0.4, -0.2) is 22.3 Å². The van der Waals surface area contributed by atoms with E-state index in [9.17, 15) is 4.79 Å². The minimum atomic E-state index is -0.168. The maximum atomic E-state index is 12.3. The van der Waals surface area contributed by atoms with Gasteiger partial charge < -0.3 is 4.90 Å². The van der Waals surface area contributed by atoms with Crippen LogP contribution < -0.4 is 0 Å². The van der Waals surface area contributed by atoms with Gasteiger partial charge in [-0.15, -0.1) is 12.3 Å². The number of hydrogen-bond donors (Lipinski definition) is 0. The second-order valence-electron chi connectivity index (χ2n) is 5.18. The summed E-state index contributed by atoms with van der Waals surface area (Å²) in [6.45, 7) is 0.589. The van der Waals surface area contributed by atoms with Crippen molar-refractivity contribution in [3.63, 3.8) is 0 Å². The van der Waals surface area contributed by atoms with Gasteiger partial charge in [0.2, 0.25) is 5.91 Å². The fourth-order valence-corrected chi connectivity index (χ4v) is 2.78. The molecule has 0 bridgehead atoms. The van der Waals surface area contributed by atoms with E-state index in [-0.39, 0.29) is 17.9 Å². The van der Waals surface area contributed by atoms with Gasteiger partial charge in [-0.1, -0.05) is 36.4 Å². The van der Waals surface area contributed by atoms with Crippen molar-refractivity contribution in [1.82, 2.24) is 9.88 Å². The molecule has 2 atom stereocenters. The van der Waals surface area contributed by atoms with Gasteiger partial charge in [0, 0.05) is 25.1 Å². The smallest absolute Gasteiger partial charge is 0.224 e. The van der Waals surface area contributed by atoms with E-state index in [4.69, 9.17) is 6.42 Å². The van der Waals surface area contributed by atoms with E-state index >= 15 is 0 Å². The zero-order chi connectivity index (χ0) is 14.7. The lowest BCUT2D eigenvalue weighted by atomic mass is 10.0. The van der Waals surface area contributed by atoms with Gasteiger partial charge in [-0.2, -0.15) is 0 Å². The molecule has 0 N–H and O–H groups in total. The third-order valence-electron chi connectivity index (χ3n) is 3.79. The molecular weight excluding hydrogens is 260 g/mol. The predicted octanol–water partition coefficient (Wildman–Crippen LogP) is 2.65. The van der Waals surface area contributed by atoms with Gasteiger partial charge in [0.15, 0.2) is 0 Å². The summed E-state index contributed by atoms with van der Waals surface area (Å²) in [5, 5.41) is 0. The van der Waals surface area contributed by atoms with Crippen LogP contribution in [0.3, 0.4) is 0 Å². The summed E-state index contributed by atoms with van der Waals surface area (Å²) in [6, 6.07) is 15.6. The summed E-state index contributed by atoms with van der Waals surface area (Å²) >= 11 is 0. The van der Waals surface area contributed by atoms with Crippen molar-refractivity contribution >= 4 is 5.91 Å². The molecule has 1 saturated heterocycles. The molecule has 3 nitrogen and oxygen atoms in total. The number of nitrogens with zero attached hydrogens (tertiary/aromatic N) is 2. The van der Waals surface area contributed by atoms with E-state index in [1.807, 2.05) is 53.4 Å². The summed E-state index contributed by atoms with van der Waals surface area (Å²) in [5.41, 5.74) is 1.93. The first kappa shape index (κ1) is 13.4. The molecule has 1 aliphatic rings. The topological polar surface area (TPSA) is 33.2 Å². The maximum Gasteiger partial charge on any atom is 0.224 e. The first-order valence-electron chi connectivity index (χ1n) is 7.01. The van der Waals surface area contributed by atoms with Gasteiger partial charge in [0.25, 0.3) is 0 Å². The van der Waals surface area contributed by atoms with Crippen LogP contribution >= 0.6 is 0 Å². The molecule has 1 fully saturated rings. The van der Waals surface area contributed by atoms with Crippen molar-refractivity contribution in [3.8, 4) is 12.3 Å². The van der Waals surface area contributed by atoms with Gasteiger partial charge in [0.05, 0.1) is 11.7 Å². The second-order valence-corrected chi connectivity index (χ2v) is 5.18. The molecule has 1 aliphatic heterocycles. The predicted molar refractivity (Wildman–Crippen MR) is 81.2 cm³/mol. The molecular formula is C18H16N2O. The average Bonchev–Trinajstić information content (AvgIpc) is 2.91. The fourth-order valence-electron chi connectivity index (χ4n) is 2.78. The van der Waals surface area contributed by atoms with E-state index in [0.717, 1.165) is 11.3 Å². The van der Waals surface area contributed by atoms with Crippen LogP contribution in [-0.2, 0) is 4.79 Å². The maximum absolute atomic E-state index is 12.3. The number of rotatable bonds is 3. The number of terminal acetylenes is 1. The van der Waals surface area contributed by atoms with Crippen molar-refractivity contribution in [2.45, 2.75) is 12.5 Å². The minimum absolute atomic E-state index is 0.00701. The molecule has 2 aromatic rings. The molecule has 1 aromatic heterocycles. The lowest BCUT2D eigenvalue weighted by Crippen LogP contribution is -2.31. The van der Waals surface area contributed by atoms with E-state index in [1.165, 1.54) is 0 Å². The Morgan fingerprint density at radius 2 is 1.95 bits per heavy atom. The van der Waals surface area contributed by atoms with Crippen molar-refractivity contribution in [1.29, 1.82) is 0 Å². The van der Waals surface area contributed by atoms with Crippen LogP contribution in [0.2, 0.25) is 0 Å². The van der Waals surface area contributed by atoms with E-state index < -0.39 is 0 Å². The summed E-state index contributed by atoms with van der Waals surface area (Å²) in [7, 11) is 0. The third-order valence-corrected chi connectivity index (χ3v) is 3.79. The van der Waals surface area contributed by atoms with Crippen LogP contribution in [0.15, 0.2) is 54.7 Å². The Kier molecular flexibility index (Phi) is 3.70. The average molecular weight is 276 g/mol. The molecule has 104 valence electrons. The van der Waals surface area contributed by atoms with Gasteiger partial charge in [-0.3, -0.25) is 9.78 Å². The lowest BCUT2D eigenvalue weighted by Gasteiger charge is -2.28. The largest absolute Gasteiger partial charge is 0.329 e. The van der Waals surface area contributed by atoms with Crippen molar-refractivity contribution in [3.05, 3.63) is 66.0 Å². The van der Waals surface area contributed by atoms with Gasteiger partial charge in [-0.25, -0.2) is 0 Å². The summed E-state index contributed by atoms with van der Waals surface area (Å²) in [6.07, 6.45) is 7.67. The van der Waals surface area contributed by atoms with Gasteiger partial charge in [-0.05, 0) is 17.7 Å². The Bertz CT molecular complexity index is 621. The molecule has 0 radical (unpaired) electrons. The highest BCUT2D eigenvalue weighted by Crippen LogP contribution is 2.32. The molecule has 1 aromatic carbocycles. The molecule has 0 aliphatic carbocycles. The lowest BCUT2D eigenvalue weighted by molar-refractivity contribution is -0.129. The Morgan fingerprint density at radius 3 is 2.57 bits per heavy atom. The molecule has 2 heterocycles. The summed E-state index contributed by atoms with van der Waals surface area (Å²) in [5.74, 6) is 2.79. The molecule has 2 unspecified atom stereocenters. The number of likely N-dealkylation sites (tertiary alicyclic amines) is 1. The number of hydrogen-bond acceptors (Lipinski definition) is 2. The Hall–Kier alpha value is -2.60. The Balaban J connectivity index is 2.02. The standard InChI is InChI=1S/C18H16N2O/c1-2-14-12-17(21)20(13-14)18(15-8-4-3-5-9-15)16-10-6-7-11-19-16/h1,3-11,14,18H,12-13H2. The zero-order valence-electron chi connectivity index (χ0n) is 11.6. The summed E-state index contributed by atoms with van der Waals surface area (Å²) < 4.78 is 0. The number of carbonyl (C=O) groups excluding carboxylic acids is 1. The Labute approximate surface area is 124 Å². The van der Waals surface area contributed by atoms with Crippen molar-refractivity contribution < 1.29 is 4.79 Å². The molecule has 0 saturated carbocycles. The van der Waals surface area contributed by atoms with Crippen molar-refractivity contribution in [2.75, 3.05) is 6.54 Å². The van der Waals surface area contributed by atoms with Crippen LogP contribution in [0.4, 0.5) is 0 Å². The quantitative estimate of drug-likeness (QED) is 0.807. The summed E-state index contributed by atoms with van der Waals surface area (Å²) in [4.78, 5) is 18.6. The first-order chi connectivity index (χ1) is 10.3. The van der Waals surface area contributed by atoms with Gasteiger partial charge >= 0.3 is 0 Å². The van der Waals surface area contributed by atoms with Gasteiger partial charge in [0.1, 0.15) is 0 Å². The second kappa shape index (κ2) is 5.80. The highest BCUT2D eigenvalue weighted by atomic mass is 16.2. The zero-order valence-corrected chi connectivity index (χ0v) is 11.6. The number of benzene rings is 1. The number of aromatic nitrogens is 1. The van der Waals surface area contributed by atoms with E-state index in [0.29, 0.717) is 13.0 Å². The number of pyridine rings is 1. The minimum Gasteiger partial charge on any atom is -0.329 e. The van der Waals surface area contributed by atoms with Crippen LogP contribution in [0.1, 0.15) is 23.7 Å². The molecule has 3 heteroatoms. The highest BCUT2D eigenvalue weighted by molar-refractivity contribution is 5.80. The third kappa shape index (κ3) is 2.66. The fraction of sp³-hybridized carbons (Fsp3) is 0.222. The molecule has 1 amide bonds. The molecule has 3 rings (SSSR count).